The number of fused-ring (bicyclic) bond motifs is 3. The topological polar surface area (TPSA) is 81.5 Å². The fourth-order valence-corrected chi connectivity index (χ4v) is 4.23. The SMILES string of the molecule is CCc1nn(CC(=O)N[C@@H]2CCC[C@@H](C)[C@@H]2C)c(=O)c2cc3occc3n12. The largest absolute Gasteiger partial charge is 0.463 e. The van der Waals surface area contributed by atoms with Gasteiger partial charge in [0, 0.05) is 24.6 Å². The minimum atomic E-state index is -0.279. The van der Waals surface area contributed by atoms with Gasteiger partial charge in [-0.25, -0.2) is 4.68 Å². The Balaban J connectivity index is 1.63. The molecular formula is C20H26N4O3. The van der Waals surface area contributed by atoms with Crippen molar-refractivity contribution >= 4 is 22.5 Å². The number of carbonyl (C=O) groups is 1. The van der Waals surface area contributed by atoms with Crippen LogP contribution >= 0.6 is 0 Å². The van der Waals surface area contributed by atoms with Crippen LogP contribution in [-0.2, 0) is 17.8 Å². The first-order chi connectivity index (χ1) is 13.0. The molecule has 144 valence electrons. The van der Waals surface area contributed by atoms with Crippen LogP contribution < -0.4 is 10.9 Å². The summed E-state index contributed by atoms with van der Waals surface area (Å²) >= 11 is 0. The fraction of sp³-hybridized carbons (Fsp3) is 0.550. The zero-order valence-corrected chi connectivity index (χ0v) is 16.1. The van der Waals surface area contributed by atoms with E-state index in [1.165, 1.54) is 11.1 Å². The Morgan fingerprint density at radius 2 is 2.15 bits per heavy atom. The van der Waals surface area contributed by atoms with E-state index in [0.29, 0.717) is 29.4 Å². The second-order valence-electron chi connectivity index (χ2n) is 7.71. The molecule has 0 bridgehead atoms. The van der Waals surface area contributed by atoms with Gasteiger partial charge < -0.3 is 9.73 Å². The van der Waals surface area contributed by atoms with Crippen molar-refractivity contribution in [1.29, 1.82) is 0 Å². The number of nitrogens with zero attached hydrogens (tertiary/aromatic N) is 3. The van der Waals surface area contributed by atoms with Gasteiger partial charge in [-0.3, -0.25) is 14.0 Å². The van der Waals surface area contributed by atoms with E-state index in [2.05, 4.69) is 24.3 Å². The molecule has 0 radical (unpaired) electrons. The van der Waals surface area contributed by atoms with Crippen molar-refractivity contribution in [2.24, 2.45) is 11.8 Å². The summed E-state index contributed by atoms with van der Waals surface area (Å²) in [4.78, 5) is 25.5. The number of carbonyl (C=O) groups excluding carboxylic acids is 1. The van der Waals surface area contributed by atoms with Crippen LogP contribution in [0.2, 0.25) is 0 Å². The van der Waals surface area contributed by atoms with E-state index in [4.69, 9.17) is 4.42 Å². The zero-order valence-electron chi connectivity index (χ0n) is 16.1. The highest BCUT2D eigenvalue weighted by atomic mass is 16.3. The van der Waals surface area contributed by atoms with Crippen LogP contribution in [0.5, 0.6) is 0 Å². The van der Waals surface area contributed by atoms with Gasteiger partial charge in [0.25, 0.3) is 5.56 Å². The second-order valence-corrected chi connectivity index (χ2v) is 7.71. The van der Waals surface area contributed by atoms with Crippen molar-refractivity contribution in [3.63, 3.8) is 0 Å². The average Bonchev–Trinajstić information content (AvgIpc) is 3.23. The lowest BCUT2D eigenvalue weighted by Crippen LogP contribution is -2.46. The molecule has 3 aromatic rings. The lowest BCUT2D eigenvalue weighted by Gasteiger charge is -2.34. The predicted octanol–water partition coefficient (Wildman–Crippen LogP) is 2.75. The lowest BCUT2D eigenvalue weighted by atomic mass is 9.78. The number of amides is 1. The summed E-state index contributed by atoms with van der Waals surface area (Å²) in [6, 6.07) is 3.71. The van der Waals surface area contributed by atoms with Gasteiger partial charge in [0.15, 0.2) is 5.58 Å². The molecule has 1 amide bonds. The maximum atomic E-state index is 12.9. The van der Waals surface area contributed by atoms with E-state index < -0.39 is 0 Å². The second kappa shape index (κ2) is 6.87. The van der Waals surface area contributed by atoms with Crippen molar-refractivity contribution in [3.05, 3.63) is 34.6 Å². The fourth-order valence-electron chi connectivity index (χ4n) is 4.23. The van der Waals surface area contributed by atoms with E-state index in [1.807, 2.05) is 17.4 Å². The summed E-state index contributed by atoms with van der Waals surface area (Å²) < 4.78 is 8.52. The summed E-state index contributed by atoms with van der Waals surface area (Å²) in [5.41, 5.74) is 1.69. The van der Waals surface area contributed by atoms with Crippen LogP contribution in [-0.4, -0.2) is 26.1 Å². The van der Waals surface area contributed by atoms with Gasteiger partial charge in [0.2, 0.25) is 5.91 Å². The molecule has 3 atom stereocenters. The molecule has 27 heavy (non-hydrogen) atoms. The minimum absolute atomic E-state index is 0.0630. The summed E-state index contributed by atoms with van der Waals surface area (Å²) in [5, 5.41) is 7.57. The molecule has 1 N–H and O–H groups in total. The Hall–Kier alpha value is -2.57. The lowest BCUT2D eigenvalue weighted by molar-refractivity contribution is -0.123. The normalized spacial score (nSPS) is 23.1. The first-order valence-corrected chi connectivity index (χ1v) is 9.77. The first-order valence-electron chi connectivity index (χ1n) is 9.77. The standard InChI is InChI=1S/C20H26N4O3/c1-4-18-22-23(11-19(25)21-14-7-5-6-12(2)13(14)3)20(26)16-10-17-15(24(16)18)8-9-27-17/h8-10,12-14H,4-7,11H2,1-3H3,(H,21,25)/t12-,13+,14-/m1/s1. The molecule has 0 aromatic carbocycles. The Kier molecular flexibility index (Phi) is 4.53. The quantitative estimate of drug-likeness (QED) is 0.766. The van der Waals surface area contributed by atoms with Crippen LogP contribution in [0, 0.1) is 11.8 Å². The van der Waals surface area contributed by atoms with Gasteiger partial charge in [0.1, 0.15) is 17.9 Å². The molecule has 0 spiro atoms. The Bertz CT molecular complexity index is 1040. The minimum Gasteiger partial charge on any atom is -0.463 e. The molecule has 0 unspecified atom stereocenters. The van der Waals surface area contributed by atoms with Gasteiger partial charge in [-0.2, -0.15) is 5.10 Å². The average molecular weight is 370 g/mol. The van der Waals surface area contributed by atoms with E-state index in [9.17, 15) is 9.59 Å². The van der Waals surface area contributed by atoms with E-state index >= 15 is 0 Å². The maximum Gasteiger partial charge on any atom is 0.291 e. The third-order valence-electron chi connectivity index (χ3n) is 6.03. The zero-order chi connectivity index (χ0) is 19.1. The van der Waals surface area contributed by atoms with Gasteiger partial charge in [0.05, 0.1) is 11.8 Å². The van der Waals surface area contributed by atoms with Gasteiger partial charge >= 0.3 is 0 Å². The van der Waals surface area contributed by atoms with Crippen LogP contribution in [0.3, 0.4) is 0 Å². The van der Waals surface area contributed by atoms with Gasteiger partial charge in [-0.05, 0) is 18.3 Å². The molecule has 0 saturated heterocycles. The van der Waals surface area contributed by atoms with Crippen LogP contribution in [0.25, 0.3) is 16.6 Å². The Labute approximate surface area is 157 Å². The van der Waals surface area contributed by atoms with Crippen molar-refractivity contribution in [2.75, 3.05) is 0 Å². The smallest absolute Gasteiger partial charge is 0.291 e. The molecule has 7 heteroatoms. The Morgan fingerprint density at radius 1 is 1.33 bits per heavy atom. The molecular weight excluding hydrogens is 344 g/mol. The number of hydrogen-bond acceptors (Lipinski definition) is 4. The number of aryl methyl sites for hydroxylation is 1. The molecule has 7 nitrogen and oxygen atoms in total. The van der Waals surface area contributed by atoms with Crippen molar-refractivity contribution in [3.8, 4) is 0 Å². The molecule has 1 saturated carbocycles. The summed E-state index contributed by atoms with van der Waals surface area (Å²) in [7, 11) is 0. The van der Waals surface area contributed by atoms with Crippen molar-refractivity contribution < 1.29 is 9.21 Å². The Morgan fingerprint density at radius 3 is 2.93 bits per heavy atom. The summed E-state index contributed by atoms with van der Waals surface area (Å²) in [6.45, 7) is 6.34. The number of aromatic nitrogens is 3. The predicted molar refractivity (Wildman–Crippen MR) is 103 cm³/mol. The molecule has 3 aromatic heterocycles. The first kappa shape index (κ1) is 17.8. The van der Waals surface area contributed by atoms with Crippen LogP contribution in [0.4, 0.5) is 0 Å². The molecule has 1 aliphatic rings. The molecule has 4 rings (SSSR count). The van der Waals surface area contributed by atoms with Crippen molar-refractivity contribution in [2.45, 2.75) is 59.0 Å². The highest BCUT2D eigenvalue weighted by molar-refractivity contribution is 5.82. The number of furan rings is 1. The summed E-state index contributed by atoms with van der Waals surface area (Å²) in [5.74, 6) is 1.62. The highest BCUT2D eigenvalue weighted by Gasteiger charge is 2.28. The third-order valence-corrected chi connectivity index (χ3v) is 6.03. The van der Waals surface area contributed by atoms with Crippen LogP contribution in [0.15, 0.2) is 27.6 Å². The van der Waals surface area contributed by atoms with Crippen LogP contribution in [0.1, 0.15) is 45.9 Å². The number of hydrogen-bond donors (Lipinski definition) is 1. The van der Waals surface area contributed by atoms with E-state index in [0.717, 1.165) is 24.2 Å². The van der Waals surface area contributed by atoms with E-state index in [1.54, 1.807) is 12.3 Å². The number of rotatable bonds is 4. The molecule has 0 aliphatic heterocycles. The monoisotopic (exact) mass is 370 g/mol. The molecule has 1 fully saturated rings. The molecule has 1 aliphatic carbocycles. The molecule has 3 heterocycles. The van der Waals surface area contributed by atoms with E-state index in [-0.39, 0.29) is 24.1 Å². The third kappa shape index (κ3) is 3.05. The van der Waals surface area contributed by atoms with Gasteiger partial charge in [-0.15, -0.1) is 0 Å². The maximum absolute atomic E-state index is 12.9. The summed E-state index contributed by atoms with van der Waals surface area (Å²) in [6.07, 6.45) is 5.57. The van der Waals surface area contributed by atoms with Crippen molar-refractivity contribution in [1.82, 2.24) is 19.5 Å². The number of nitrogens with one attached hydrogen (secondary N) is 1. The highest BCUT2D eigenvalue weighted by Crippen LogP contribution is 2.29. The van der Waals surface area contributed by atoms with Gasteiger partial charge in [-0.1, -0.05) is 33.6 Å².